The summed E-state index contributed by atoms with van der Waals surface area (Å²) in [6, 6.07) is 8.73. The quantitative estimate of drug-likeness (QED) is 0.615. The highest BCUT2D eigenvalue weighted by Gasteiger charge is 2.20. The maximum atomic E-state index is 12.4. The average molecular weight is 387 g/mol. The van der Waals surface area contributed by atoms with Crippen LogP contribution in [0.5, 0.6) is 5.75 Å². The van der Waals surface area contributed by atoms with Gasteiger partial charge < -0.3 is 9.29 Å². The van der Waals surface area contributed by atoms with Crippen molar-refractivity contribution in [2.24, 2.45) is 0 Å². The molecule has 2 aromatic rings. The fraction of sp³-hybridized carbons (Fsp3) is 0.0625. The van der Waals surface area contributed by atoms with Crippen molar-refractivity contribution in [3.05, 3.63) is 63.6 Å². The second-order valence-corrected chi connectivity index (χ2v) is 7.22. The number of benzene rings is 2. The fourth-order valence-electron chi connectivity index (χ4n) is 1.82. The van der Waals surface area contributed by atoms with Crippen molar-refractivity contribution in [1.29, 1.82) is 0 Å². The molecule has 0 aromatic heterocycles. The minimum Gasteiger partial charge on any atom is -0.478 e. The van der Waals surface area contributed by atoms with Crippen molar-refractivity contribution >= 4 is 45.4 Å². The van der Waals surface area contributed by atoms with Gasteiger partial charge in [-0.3, -0.25) is 0 Å². The van der Waals surface area contributed by atoms with Gasteiger partial charge in [-0.2, -0.15) is 8.42 Å². The molecule has 126 valence electrons. The Labute approximate surface area is 149 Å². The maximum absolute atomic E-state index is 12.4. The molecule has 24 heavy (non-hydrogen) atoms. The molecule has 0 unspecified atom stereocenters. The number of carboxylic acid groups (broad SMARTS) is 1. The number of carbonyl (C=O) groups is 1. The van der Waals surface area contributed by atoms with Gasteiger partial charge in [-0.25, -0.2) is 4.79 Å². The molecule has 0 aliphatic rings. The minimum atomic E-state index is -4.14. The lowest BCUT2D eigenvalue weighted by Crippen LogP contribution is -2.11. The molecule has 2 aromatic carbocycles. The smallest absolute Gasteiger partial charge is 0.339 e. The maximum Gasteiger partial charge on any atom is 0.339 e. The first-order valence-corrected chi connectivity index (χ1v) is 8.76. The third kappa shape index (κ3) is 4.50. The van der Waals surface area contributed by atoms with E-state index < -0.39 is 16.1 Å². The van der Waals surface area contributed by atoms with Crippen molar-refractivity contribution in [3.8, 4) is 5.75 Å². The van der Waals surface area contributed by atoms with Crippen molar-refractivity contribution in [2.45, 2.75) is 11.8 Å². The van der Waals surface area contributed by atoms with Crippen LogP contribution in [0.4, 0.5) is 0 Å². The summed E-state index contributed by atoms with van der Waals surface area (Å²) in [6.07, 6.45) is 1.98. The predicted molar refractivity (Wildman–Crippen MR) is 92.1 cm³/mol. The van der Waals surface area contributed by atoms with E-state index in [4.69, 9.17) is 32.5 Å². The zero-order valence-electron chi connectivity index (χ0n) is 12.4. The largest absolute Gasteiger partial charge is 0.478 e. The molecule has 5 nitrogen and oxygen atoms in total. The van der Waals surface area contributed by atoms with Crippen LogP contribution in [-0.2, 0) is 14.9 Å². The summed E-state index contributed by atoms with van der Waals surface area (Å²) >= 11 is 11.9. The molecule has 0 spiro atoms. The van der Waals surface area contributed by atoms with E-state index in [1.54, 1.807) is 12.1 Å². The Hall–Kier alpha value is -2.02. The zero-order chi connectivity index (χ0) is 17.9. The molecule has 1 N–H and O–H groups in total. The summed E-state index contributed by atoms with van der Waals surface area (Å²) in [5, 5.41) is 8.89. The molecule has 0 aliphatic carbocycles. The van der Waals surface area contributed by atoms with E-state index in [9.17, 15) is 13.2 Å². The van der Waals surface area contributed by atoms with Crippen LogP contribution in [0.3, 0.4) is 0 Å². The summed E-state index contributed by atoms with van der Waals surface area (Å²) in [4.78, 5) is 10.6. The van der Waals surface area contributed by atoms with Crippen LogP contribution in [0.1, 0.15) is 11.1 Å². The Kier molecular flexibility index (Phi) is 5.54. The van der Waals surface area contributed by atoms with E-state index in [0.717, 1.165) is 17.7 Å². The van der Waals surface area contributed by atoms with E-state index in [1.807, 2.05) is 6.92 Å². The van der Waals surface area contributed by atoms with Gasteiger partial charge in [-0.05, 0) is 37.3 Å². The predicted octanol–water partition coefficient (Wildman–Crippen LogP) is 4.17. The normalized spacial score (nSPS) is 11.6. The van der Waals surface area contributed by atoms with Crippen LogP contribution in [0, 0.1) is 6.92 Å². The SMILES string of the molecule is Cc1ccc(S(=O)(=O)Oc2c(Cl)cc(Cl)cc2/C=C/C(=O)O)cc1. The molecule has 2 rings (SSSR count). The molecule has 0 bridgehead atoms. The second kappa shape index (κ2) is 7.25. The molecule has 0 atom stereocenters. The summed E-state index contributed by atoms with van der Waals surface area (Å²) in [5.74, 6) is -1.41. The lowest BCUT2D eigenvalue weighted by atomic mass is 10.2. The van der Waals surface area contributed by atoms with Gasteiger partial charge >= 0.3 is 16.1 Å². The molecule has 8 heteroatoms. The first kappa shape index (κ1) is 18.3. The Bertz CT molecular complexity index is 903. The average Bonchev–Trinajstić information content (AvgIpc) is 2.48. The highest BCUT2D eigenvalue weighted by Crippen LogP contribution is 2.35. The monoisotopic (exact) mass is 386 g/mol. The van der Waals surface area contributed by atoms with Gasteiger partial charge in [-0.15, -0.1) is 0 Å². The molecule has 0 heterocycles. The molecule has 0 amide bonds. The third-order valence-electron chi connectivity index (χ3n) is 2.95. The van der Waals surface area contributed by atoms with Crippen molar-refractivity contribution in [3.63, 3.8) is 0 Å². The number of aryl methyl sites for hydroxylation is 1. The number of rotatable bonds is 5. The molecule has 0 saturated carbocycles. The Morgan fingerprint density at radius 3 is 2.38 bits per heavy atom. The van der Waals surface area contributed by atoms with Crippen LogP contribution in [0.25, 0.3) is 6.08 Å². The van der Waals surface area contributed by atoms with Crippen molar-refractivity contribution in [2.75, 3.05) is 0 Å². The van der Waals surface area contributed by atoms with Crippen LogP contribution in [0.15, 0.2) is 47.4 Å². The molecule has 0 fully saturated rings. The van der Waals surface area contributed by atoms with Crippen LogP contribution in [0.2, 0.25) is 10.0 Å². The Balaban J connectivity index is 2.48. The van der Waals surface area contributed by atoms with E-state index in [0.29, 0.717) is 0 Å². The van der Waals surface area contributed by atoms with Gasteiger partial charge in [-0.1, -0.05) is 40.9 Å². The van der Waals surface area contributed by atoms with Crippen LogP contribution >= 0.6 is 23.2 Å². The number of halogens is 2. The van der Waals surface area contributed by atoms with Gasteiger partial charge in [0.25, 0.3) is 0 Å². The van der Waals surface area contributed by atoms with E-state index in [-0.39, 0.29) is 26.3 Å². The number of hydrogen-bond acceptors (Lipinski definition) is 4. The van der Waals surface area contributed by atoms with Crippen LogP contribution in [-0.4, -0.2) is 19.5 Å². The molecule has 0 saturated heterocycles. The summed E-state index contributed by atoms with van der Waals surface area (Å²) < 4.78 is 29.9. The molecular weight excluding hydrogens is 375 g/mol. The summed E-state index contributed by atoms with van der Waals surface area (Å²) in [6.45, 7) is 1.82. The highest BCUT2D eigenvalue weighted by molar-refractivity contribution is 7.87. The van der Waals surface area contributed by atoms with Crippen molar-refractivity contribution < 1.29 is 22.5 Å². The summed E-state index contributed by atoms with van der Waals surface area (Å²) in [7, 11) is -4.14. The first-order chi connectivity index (χ1) is 11.2. The Morgan fingerprint density at radius 2 is 1.79 bits per heavy atom. The topological polar surface area (TPSA) is 80.7 Å². The molecule has 0 aliphatic heterocycles. The zero-order valence-corrected chi connectivity index (χ0v) is 14.7. The third-order valence-corrected chi connectivity index (χ3v) is 4.68. The minimum absolute atomic E-state index is 0.0488. The molecular formula is C16H12Cl2O5S. The van der Waals surface area contributed by atoms with E-state index in [2.05, 4.69) is 0 Å². The van der Waals surface area contributed by atoms with Crippen LogP contribution < -0.4 is 4.18 Å². The first-order valence-electron chi connectivity index (χ1n) is 6.60. The van der Waals surface area contributed by atoms with Gasteiger partial charge in [0.1, 0.15) is 4.90 Å². The Morgan fingerprint density at radius 1 is 1.17 bits per heavy atom. The van der Waals surface area contributed by atoms with Gasteiger partial charge in [0.2, 0.25) is 0 Å². The van der Waals surface area contributed by atoms with E-state index >= 15 is 0 Å². The van der Waals surface area contributed by atoms with Gasteiger partial charge in [0.15, 0.2) is 5.75 Å². The standard InChI is InChI=1S/C16H12Cl2O5S/c1-10-2-5-13(6-3-10)24(21,22)23-16-11(4-7-15(19)20)8-12(17)9-14(16)18/h2-9H,1H3,(H,19,20)/b7-4+. The van der Waals surface area contributed by atoms with Gasteiger partial charge in [0, 0.05) is 16.7 Å². The highest BCUT2D eigenvalue weighted by atomic mass is 35.5. The molecule has 0 radical (unpaired) electrons. The number of hydrogen-bond donors (Lipinski definition) is 1. The number of carboxylic acids is 1. The number of aliphatic carboxylic acids is 1. The van der Waals surface area contributed by atoms with E-state index in [1.165, 1.54) is 24.3 Å². The second-order valence-electron chi connectivity index (χ2n) is 4.83. The van der Waals surface area contributed by atoms with Gasteiger partial charge in [0.05, 0.1) is 5.02 Å². The lowest BCUT2D eigenvalue weighted by molar-refractivity contribution is -0.131. The van der Waals surface area contributed by atoms with Crippen molar-refractivity contribution in [1.82, 2.24) is 0 Å². The lowest BCUT2D eigenvalue weighted by Gasteiger charge is -2.12. The fourth-order valence-corrected chi connectivity index (χ4v) is 3.38. The summed E-state index contributed by atoms with van der Waals surface area (Å²) in [5.41, 5.74) is 1.02.